The number of carbonyl (C=O) groups excluding carboxylic acids is 2. The lowest BCUT2D eigenvalue weighted by Gasteiger charge is -2.37. The number of likely N-dealkylation sites (tertiary alicyclic amines) is 2. The maximum atomic E-state index is 13.3. The zero-order valence-corrected chi connectivity index (χ0v) is 16.7. The second-order valence-electron chi connectivity index (χ2n) is 8.90. The molecule has 3 atom stereocenters. The van der Waals surface area contributed by atoms with E-state index in [2.05, 4.69) is 11.0 Å². The van der Waals surface area contributed by atoms with Crippen molar-refractivity contribution in [3.63, 3.8) is 0 Å². The van der Waals surface area contributed by atoms with Crippen molar-refractivity contribution in [3.05, 3.63) is 34.9 Å². The van der Waals surface area contributed by atoms with Crippen molar-refractivity contribution >= 4 is 11.8 Å². The number of amides is 2. The van der Waals surface area contributed by atoms with E-state index in [-0.39, 0.29) is 11.8 Å². The van der Waals surface area contributed by atoms with E-state index in [4.69, 9.17) is 0 Å². The molecule has 4 nitrogen and oxygen atoms in total. The molecule has 0 bridgehead atoms. The van der Waals surface area contributed by atoms with E-state index in [1.807, 2.05) is 30.9 Å². The maximum absolute atomic E-state index is 13.3. The number of hydrogen-bond donors (Lipinski definition) is 0. The smallest absolute Gasteiger partial charge is 0.253 e. The average Bonchev–Trinajstić information content (AvgIpc) is 3.10. The minimum atomic E-state index is -0.0192. The lowest BCUT2D eigenvalue weighted by atomic mass is 9.85. The molecule has 1 saturated carbocycles. The van der Waals surface area contributed by atoms with Crippen LogP contribution in [0.1, 0.15) is 66.4 Å². The average molecular weight is 369 g/mol. The molecular weight excluding hydrogens is 336 g/mol. The summed E-state index contributed by atoms with van der Waals surface area (Å²) in [6.45, 7) is 6.33. The van der Waals surface area contributed by atoms with Crippen LogP contribution in [-0.2, 0) is 4.79 Å². The van der Waals surface area contributed by atoms with Crippen molar-refractivity contribution in [2.45, 2.75) is 64.8 Å². The molecule has 4 rings (SSSR count). The number of piperidine rings is 1. The van der Waals surface area contributed by atoms with Gasteiger partial charge in [-0.3, -0.25) is 9.59 Å². The van der Waals surface area contributed by atoms with Crippen molar-refractivity contribution < 1.29 is 9.59 Å². The molecule has 1 aliphatic carbocycles. The first-order valence-corrected chi connectivity index (χ1v) is 10.7. The molecule has 27 heavy (non-hydrogen) atoms. The first kappa shape index (κ1) is 18.5. The van der Waals surface area contributed by atoms with Gasteiger partial charge in [0, 0.05) is 31.2 Å². The summed E-state index contributed by atoms with van der Waals surface area (Å²) in [4.78, 5) is 30.4. The lowest BCUT2D eigenvalue weighted by Crippen LogP contribution is -2.48. The number of benzene rings is 1. The summed E-state index contributed by atoms with van der Waals surface area (Å²) in [5.74, 6) is 1.09. The normalized spacial score (nSPS) is 28.1. The molecule has 1 aromatic carbocycles. The molecule has 2 aliphatic heterocycles. The highest BCUT2D eigenvalue weighted by Gasteiger charge is 2.41. The highest BCUT2D eigenvalue weighted by Crippen LogP contribution is 2.37. The summed E-state index contributed by atoms with van der Waals surface area (Å²) >= 11 is 0. The third kappa shape index (κ3) is 3.76. The fourth-order valence-electron chi connectivity index (χ4n) is 5.56. The molecule has 2 saturated heterocycles. The molecule has 3 aliphatic rings. The summed E-state index contributed by atoms with van der Waals surface area (Å²) in [5.41, 5.74) is 2.99. The van der Waals surface area contributed by atoms with Crippen molar-refractivity contribution in [3.8, 4) is 0 Å². The summed E-state index contributed by atoms with van der Waals surface area (Å²) in [5, 5.41) is 0. The minimum absolute atomic E-state index is 0.0192. The van der Waals surface area contributed by atoms with Gasteiger partial charge < -0.3 is 9.80 Å². The topological polar surface area (TPSA) is 40.6 Å². The van der Waals surface area contributed by atoms with Crippen molar-refractivity contribution in [2.24, 2.45) is 11.8 Å². The first-order valence-electron chi connectivity index (χ1n) is 10.7. The molecule has 146 valence electrons. The Morgan fingerprint density at radius 1 is 0.889 bits per heavy atom. The summed E-state index contributed by atoms with van der Waals surface area (Å²) in [6.07, 6.45) is 8.06. The monoisotopic (exact) mass is 368 g/mol. The molecule has 1 aromatic rings. The number of fused-ring (bicyclic) bond motifs is 1. The van der Waals surface area contributed by atoms with Crippen LogP contribution in [0.3, 0.4) is 0 Å². The Morgan fingerprint density at radius 2 is 1.63 bits per heavy atom. The highest BCUT2D eigenvalue weighted by atomic mass is 16.2. The van der Waals surface area contributed by atoms with Crippen molar-refractivity contribution in [2.75, 3.05) is 19.6 Å². The lowest BCUT2D eigenvalue weighted by molar-refractivity contribution is -0.138. The van der Waals surface area contributed by atoms with E-state index >= 15 is 0 Å². The van der Waals surface area contributed by atoms with Crippen LogP contribution in [0.5, 0.6) is 0 Å². The standard InChI is InChI=1S/C23H32N2O2/c1-16-12-17(2)14-20(13-16)22(26)24-10-5-7-19(15-24)23(27)25-11-9-18-6-3-4-8-21(18)25/h12-14,18-19,21H,3-11,15H2,1-2H3. The van der Waals surface area contributed by atoms with Crippen molar-refractivity contribution in [1.82, 2.24) is 9.80 Å². The summed E-state index contributed by atoms with van der Waals surface area (Å²) in [7, 11) is 0. The van der Waals surface area contributed by atoms with Crippen LogP contribution in [0.25, 0.3) is 0 Å². The van der Waals surface area contributed by atoms with Gasteiger partial charge in [-0.05, 0) is 64.0 Å². The fourth-order valence-corrected chi connectivity index (χ4v) is 5.56. The molecule has 0 radical (unpaired) electrons. The van der Waals surface area contributed by atoms with Crippen molar-refractivity contribution in [1.29, 1.82) is 0 Å². The summed E-state index contributed by atoms with van der Waals surface area (Å²) in [6, 6.07) is 6.49. The van der Waals surface area contributed by atoms with Gasteiger partial charge in [-0.2, -0.15) is 0 Å². The quantitative estimate of drug-likeness (QED) is 0.793. The SMILES string of the molecule is Cc1cc(C)cc(C(=O)N2CCCC(C(=O)N3CCC4CCCCC43)C2)c1. The van der Waals surface area contributed by atoms with Crippen LogP contribution in [0.4, 0.5) is 0 Å². The van der Waals surface area contributed by atoms with Gasteiger partial charge >= 0.3 is 0 Å². The largest absolute Gasteiger partial charge is 0.339 e. The minimum Gasteiger partial charge on any atom is -0.339 e. The third-order valence-corrected chi connectivity index (χ3v) is 6.82. The second kappa shape index (κ2) is 7.65. The van der Waals surface area contributed by atoms with E-state index in [9.17, 15) is 9.59 Å². The molecule has 0 aromatic heterocycles. The molecule has 0 N–H and O–H groups in total. The molecule has 0 spiro atoms. The molecule has 4 heteroatoms. The van der Waals surface area contributed by atoms with E-state index in [1.54, 1.807) is 0 Å². The number of nitrogens with zero attached hydrogens (tertiary/aromatic N) is 2. The Labute approximate surface area is 162 Å². The van der Waals surface area contributed by atoms with Crippen LogP contribution >= 0.6 is 0 Å². The zero-order chi connectivity index (χ0) is 19.0. The van der Waals surface area contributed by atoms with Crippen LogP contribution < -0.4 is 0 Å². The predicted octanol–water partition coefficient (Wildman–Crippen LogP) is 3.95. The maximum Gasteiger partial charge on any atom is 0.253 e. The highest BCUT2D eigenvalue weighted by molar-refractivity contribution is 5.95. The Balaban J connectivity index is 1.44. The summed E-state index contributed by atoms with van der Waals surface area (Å²) < 4.78 is 0. The molecule has 2 heterocycles. The van der Waals surface area contributed by atoms with Gasteiger partial charge in [0.05, 0.1) is 5.92 Å². The van der Waals surface area contributed by atoms with Gasteiger partial charge in [-0.15, -0.1) is 0 Å². The number of carbonyl (C=O) groups is 2. The van der Waals surface area contributed by atoms with Gasteiger partial charge in [0.2, 0.25) is 5.91 Å². The number of rotatable bonds is 2. The van der Waals surface area contributed by atoms with E-state index in [0.29, 0.717) is 18.5 Å². The Bertz CT molecular complexity index is 709. The molecule has 3 unspecified atom stereocenters. The van der Waals surface area contributed by atoms with E-state index in [0.717, 1.165) is 48.5 Å². The Hall–Kier alpha value is -1.84. The van der Waals surface area contributed by atoms with Gasteiger partial charge in [-0.25, -0.2) is 0 Å². The predicted molar refractivity (Wildman–Crippen MR) is 107 cm³/mol. The molecular formula is C23H32N2O2. The van der Waals surface area contributed by atoms with Gasteiger partial charge in [0.25, 0.3) is 5.91 Å². The Kier molecular flexibility index (Phi) is 5.25. The van der Waals surface area contributed by atoms with Gasteiger partial charge in [0.15, 0.2) is 0 Å². The number of aryl methyl sites for hydroxylation is 2. The van der Waals surface area contributed by atoms with Gasteiger partial charge in [-0.1, -0.05) is 30.0 Å². The van der Waals surface area contributed by atoms with Crippen LogP contribution in [-0.4, -0.2) is 47.3 Å². The van der Waals surface area contributed by atoms with Gasteiger partial charge in [0.1, 0.15) is 0 Å². The Morgan fingerprint density at radius 3 is 2.41 bits per heavy atom. The van der Waals surface area contributed by atoms with Crippen LogP contribution in [0.15, 0.2) is 18.2 Å². The molecule has 3 fully saturated rings. The fraction of sp³-hybridized carbons (Fsp3) is 0.652. The third-order valence-electron chi connectivity index (χ3n) is 6.82. The van der Waals surface area contributed by atoms with Crippen LogP contribution in [0.2, 0.25) is 0 Å². The van der Waals surface area contributed by atoms with Crippen LogP contribution in [0, 0.1) is 25.7 Å². The zero-order valence-electron chi connectivity index (χ0n) is 16.7. The second-order valence-corrected chi connectivity index (χ2v) is 8.90. The first-order chi connectivity index (χ1) is 13.0. The number of hydrogen-bond acceptors (Lipinski definition) is 2. The molecule has 2 amide bonds. The van der Waals surface area contributed by atoms with E-state index in [1.165, 1.54) is 32.1 Å². The van der Waals surface area contributed by atoms with E-state index < -0.39 is 0 Å².